The number of nitrogens with zero attached hydrogens (tertiary/aromatic N) is 2. The van der Waals surface area contributed by atoms with Crippen molar-refractivity contribution in [2.45, 2.75) is 25.1 Å². The Balaban J connectivity index is 1.69. The van der Waals surface area contributed by atoms with E-state index in [-0.39, 0.29) is 12.8 Å². The Bertz CT molecular complexity index is 1050. The number of carbonyl (C=O) groups excluding carboxylic acids is 2. The van der Waals surface area contributed by atoms with Gasteiger partial charge in [0.25, 0.3) is 0 Å². The Labute approximate surface area is 170 Å². The number of carbonyl (C=O) groups is 2. The van der Waals surface area contributed by atoms with Crippen LogP contribution in [0.4, 0.5) is 13.2 Å². The predicted molar refractivity (Wildman–Crippen MR) is 102 cm³/mol. The minimum Gasteiger partial charge on any atom is -0.467 e. The lowest BCUT2D eigenvalue weighted by Crippen LogP contribution is -2.43. The molecule has 0 saturated carbocycles. The zero-order valence-corrected chi connectivity index (χ0v) is 15.9. The number of halogens is 3. The molecule has 2 aromatic carbocycles. The third-order valence-electron chi connectivity index (χ3n) is 4.38. The number of rotatable bonds is 6. The lowest BCUT2D eigenvalue weighted by atomic mass is 10.1. The topological polar surface area (TPSA) is 81.2 Å². The first-order valence-electron chi connectivity index (χ1n) is 9.00. The smallest absolute Gasteiger partial charge is 0.416 e. The minimum absolute atomic E-state index is 0.0588. The first kappa shape index (κ1) is 21.2. The van der Waals surface area contributed by atoms with Gasteiger partial charge >= 0.3 is 12.1 Å². The summed E-state index contributed by atoms with van der Waals surface area (Å²) in [5.41, 5.74) is 1.42. The summed E-state index contributed by atoms with van der Waals surface area (Å²) in [6, 6.07) is 10.5. The third kappa shape index (κ3) is 5.31. The van der Waals surface area contributed by atoms with Gasteiger partial charge in [0.2, 0.25) is 5.91 Å². The molecule has 1 N–H and O–H groups in total. The maximum Gasteiger partial charge on any atom is 0.416 e. The minimum atomic E-state index is -4.45. The Hall–Kier alpha value is -3.49. The molecule has 3 aromatic rings. The number of methoxy groups -OCH3 is 1. The number of benzene rings is 2. The van der Waals surface area contributed by atoms with Crippen molar-refractivity contribution in [2.75, 3.05) is 7.11 Å². The lowest BCUT2D eigenvalue weighted by Gasteiger charge is -2.16. The second-order valence-electron chi connectivity index (χ2n) is 6.57. The van der Waals surface area contributed by atoms with Crippen LogP contribution < -0.4 is 5.32 Å². The fraction of sp³-hybridized carbons (Fsp3) is 0.238. The molecule has 1 heterocycles. The van der Waals surface area contributed by atoms with E-state index >= 15 is 0 Å². The largest absolute Gasteiger partial charge is 0.467 e. The van der Waals surface area contributed by atoms with Crippen molar-refractivity contribution in [3.8, 4) is 0 Å². The van der Waals surface area contributed by atoms with E-state index in [1.54, 1.807) is 12.1 Å². The second kappa shape index (κ2) is 8.89. The van der Waals surface area contributed by atoms with Crippen molar-refractivity contribution < 1.29 is 27.5 Å². The van der Waals surface area contributed by atoms with Crippen LogP contribution in [0.5, 0.6) is 0 Å². The van der Waals surface area contributed by atoms with Crippen LogP contribution in [0.3, 0.4) is 0 Å². The van der Waals surface area contributed by atoms with Gasteiger partial charge in [-0.1, -0.05) is 24.3 Å². The van der Waals surface area contributed by atoms with E-state index in [1.807, 2.05) is 12.1 Å². The van der Waals surface area contributed by atoms with Gasteiger partial charge < -0.3 is 10.1 Å². The zero-order valence-electron chi connectivity index (χ0n) is 15.9. The molecule has 1 amide bonds. The molecular formula is C21H18F3N3O3. The molecule has 6 nitrogen and oxygen atoms in total. The van der Waals surface area contributed by atoms with Gasteiger partial charge in [-0.15, -0.1) is 0 Å². The molecule has 1 atom stereocenters. The number of ether oxygens (including phenoxy) is 1. The molecule has 0 radical (unpaired) electrons. The van der Waals surface area contributed by atoms with Crippen LogP contribution in [0.2, 0.25) is 0 Å². The van der Waals surface area contributed by atoms with Gasteiger partial charge in [-0.2, -0.15) is 13.2 Å². The molecule has 0 unspecified atom stereocenters. The summed E-state index contributed by atoms with van der Waals surface area (Å²) in [5, 5.41) is 2.55. The van der Waals surface area contributed by atoms with Crippen LogP contribution in [0.15, 0.2) is 54.7 Å². The quantitative estimate of drug-likeness (QED) is 0.624. The summed E-state index contributed by atoms with van der Waals surface area (Å²) in [5.74, 6) is -1.19. The van der Waals surface area contributed by atoms with E-state index in [1.165, 1.54) is 25.4 Å². The van der Waals surface area contributed by atoms with Crippen LogP contribution >= 0.6 is 0 Å². The number of hydrogen-bond acceptors (Lipinski definition) is 5. The maximum absolute atomic E-state index is 12.6. The number of nitrogens with one attached hydrogen (secondary N) is 1. The van der Waals surface area contributed by atoms with Crippen molar-refractivity contribution in [1.29, 1.82) is 0 Å². The number of hydrogen-bond donors (Lipinski definition) is 1. The number of amides is 1. The summed E-state index contributed by atoms with van der Waals surface area (Å²) >= 11 is 0. The molecule has 0 bridgehead atoms. The SMILES string of the molecule is COC(=O)[C@@H](Cc1cnc2ccccc2n1)NC(=O)Cc1ccc(C(F)(F)F)cc1. The number of fused-ring (bicyclic) bond motifs is 1. The predicted octanol–water partition coefficient (Wildman–Crippen LogP) is 3.09. The van der Waals surface area contributed by atoms with Crippen molar-refractivity contribution >= 4 is 22.9 Å². The van der Waals surface area contributed by atoms with Gasteiger partial charge in [-0.3, -0.25) is 9.78 Å². The third-order valence-corrected chi connectivity index (χ3v) is 4.38. The van der Waals surface area contributed by atoms with E-state index in [0.29, 0.717) is 22.3 Å². The van der Waals surface area contributed by atoms with E-state index < -0.39 is 29.7 Å². The highest BCUT2D eigenvalue weighted by atomic mass is 19.4. The van der Waals surface area contributed by atoms with E-state index in [0.717, 1.165) is 12.1 Å². The van der Waals surface area contributed by atoms with Gasteiger partial charge in [0.05, 0.1) is 35.8 Å². The molecule has 1 aromatic heterocycles. The molecule has 0 fully saturated rings. The highest BCUT2D eigenvalue weighted by molar-refractivity contribution is 5.85. The molecule has 30 heavy (non-hydrogen) atoms. The number of esters is 1. The number of alkyl halides is 3. The highest BCUT2D eigenvalue weighted by Gasteiger charge is 2.30. The summed E-state index contributed by atoms with van der Waals surface area (Å²) < 4.78 is 42.7. The van der Waals surface area contributed by atoms with Gasteiger partial charge in [-0.25, -0.2) is 9.78 Å². The summed E-state index contributed by atoms with van der Waals surface area (Å²) in [6.45, 7) is 0. The standard InChI is InChI=1S/C21H18F3N3O3/c1-30-20(29)18(11-15-12-25-16-4-2-3-5-17(16)26-15)27-19(28)10-13-6-8-14(9-7-13)21(22,23)24/h2-9,12,18H,10-11H2,1H3,(H,27,28)/t18-/m1/s1. The molecule has 0 aliphatic rings. The monoisotopic (exact) mass is 417 g/mol. The Kier molecular flexibility index (Phi) is 6.29. The van der Waals surface area contributed by atoms with E-state index in [4.69, 9.17) is 4.74 Å². The van der Waals surface area contributed by atoms with E-state index in [9.17, 15) is 22.8 Å². The molecule has 0 aliphatic carbocycles. The fourth-order valence-corrected chi connectivity index (χ4v) is 2.88. The maximum atomic E-state index is 12.6. The van der Waals surface area contributed by atoms with Crippen LogP contribution in [-0.4, -0.2) is 35.0 Å². The van der Waals surface area contributed by atoms with Gasteiger partial charge in [0.1, 0.15) is 6.04 Å². The summed E-state index contributed by atoms with van der Waals surface area (Å²) in [4.78, 5) is 33.2. The number of aromatic nitrogens is 2. The van der Waals surface area contributed by atoms with Gasteiger partial charge in [0, 0.05) is 12.6 Å². The van der Waals surface area contributed by atoms with Crippen LogP contribution in [0.1, 0.15) is 16.8 Å². The lowest BCUT2D eigenvalue weighted by molar-refractivity contribution is -0.145. The van der Waals surface area contributed by atoms with Crippen LogP contribution in [0, 0.1) is 0 Å². The van der Waals surface area contributed by atoms with Crippen molar-refractivity contribution in [3.05, 3.63) is 71.5 Å². The summed E-state index contributed by atoms with van der Waals surface area (Å²) in [7, 11) is 1.20. The Morgan fingerprint density at radius 3 is 2.37 bits per heavy atom. The van der Waals surface area contributed by atoms with Crippen molar-refractivity contribution in [3.63, 3.8) is 0 Å². The van der Waals surface area contributed by atoms with Crippen LogP contribution in [0.25, 0.3) is 11.0 Å². The van der Waals surface area contributed by atoms with Crippen molar-refractivity contribution in [2.24, 2.45) is 0 Å². The highest BCUT2D eigenvalue weighted by Crippen LogP contribution is 2.29. The fourth-order valence-electron chi connectivity index (χ4n) is 2.88. The average molecular weight is 417 g/mol. The molecule has 0 saturated heterocycles. The van der Waals surface area contributed by atoms with Gasteiger partial charge in [0.15, 0.2) is 0 Å². The number of para-hydroxylation sites is 2. The first-order valence-corrected chi connectivity index (χ1v) is 9.00. The molecule has 9 heteroatoms. The molecule has 0 aliphatic heterocycles. The van der Waals surface area contributed by atoms with Crippen LogP contribution in [-0.2, 0) is 33.3 Å². The van der Waals surface area contributed by atoms with Crippen molar-refractivity contribution in [1.82, 2.24) is 15.3 Å². The molecular weight excluding hydrogens is 399 g/mol. The normalized spacial score (nSPS) is 12.4. The molecule has 0 spiro atoms. The second-order valence-corrected chi connectivity index (χ2v) is 6.57. The Morgan fingerprint density at radius 1 is 1.07 bits per heavy atom. The summed E-state index contributed by atoms with van der Waals surface area (Å²) in [6.07, 6.45) is -3.06. The molecule has 3 rings (SSSR count). The zero-order chi connectivity index (χ0) is 21.7. The van der Waals surface area contributed by atoms with E-state index in [2.05, 4.69) is 15.3 Å². The molecule has 156 valence electrons. The van der Waals surface area contributed by atoms with Gasteiger partial charge in [-0.05, 0) is 29.8 Å². The Morgan fingerprint density at radius 2 is 1.73 bits per heavy atom. The average Bonchev–Trinajstić information content (AvgIpc) is 2.72. The first-order chi connectivity index (χ1) is 14.3.